The third-order valence-electron chi connectivity index (χ3n) is 3.80. The smallest absolute Gasteiger partial charge is 0.288 e. The molecule has 0 bridgehead atoms. The molecular weight excluding hydrogens is 434 g/mol. The van der Waals surface area contributed by atoms with Crippen LogP contribution in [0.2, 0.25) is 0 Å². The van der Waals surface area contributed by atoms with Crippen molar-refractivity contribution < 1.29 is 18.4 Å². The molecule has 0 saturated heterocycles. The van der Waals surface area contributed by atoms with Crippen molar-refractivity contribution in [1.82, 2.24) is 9.55 Å². The molecule has 2 heterocycles. The SMILES string of the molecule is CSc1cccc2c1c(C(=O)C(F)F)c(C)n2C(=O)c1c[s+](Br)cn1. The lowest BCUT2D eigenvalue weighted by Crippen LogP contribution is -2.16. The van der Waals surface area contributed by atoms with E-state index in [4.69, 9.17) is 0 Å². The van der Waals surface area contributed by atoms with Crippen LogP contribution in [0.1, 0.15) is 26.5 Å². The summed E-state index contributed by atoms with van der Waals surface area (Å²) in [5, 5.41) is 2.03. The maximum Gasteiger partial charge on any atom is 0.300 e. The van der Waals surface area contributed by atoms with Gasteiger partial charge in [0.05, 0.1) is 20.0 Å². The lowest BCUT2D eigenvalue weighted by Gasteiger charge is -2.04. The summed E-state index contributed by atoms with van der Waals surface area (Å²) in [6, 6.07) is 5.12. The number of aromatic nitrogens is 2. The lowest BCUT2D eigenvalue weighted by molar-refractivity contribution is 0.0679. The summed E-state index contributed by atoms with van der Waals surface area (Å²) in [4.78, 5) is 29.7. The fraction of sp³-hybridized carbons (Fsp3) is 0.188. The molecule has 0 spiro atoms. The average Bonchev–Trinajstić information content (AvgIpc) is 3.14. The molecule has 2 aromatic heterocycles. The van der Waals surface area contributed by atoms with E-state index in [0.29, 0.717) is 15.8 Å². The van der Waals surface area contributed by atoms with Crippen molar-refractivity contribution >= 4 is 58.1 Å². The molecule has 9 heteroatoms. The van der Waals surface area contributed by atoms with Crippen LogP contribution >= 0.6 is 35.5 Å². The Morgan fingerprint density at radius 3 is 2.64 bits per heavy atom. The Labute approximate surface area is 156 Å². The molecule has 0 aliphatic heterocycles. The quantitative estimate of drug-likeness (QED) is 0.318. The summed E-state index contributed by atoms with van der Waals surface area (Å²) in [6.07, 6.45) is -1.35. The first-order chi connectivity index (χ1) is 11.9. The van der Waals surface area contributed by atoms with Gasteiger partial charge in [-0.15, -0.1) is 11.8 Å². The minimum Gasteiger partial charge on any atom is -0.288 e. The van der Waals surface area contributed by atoms with E-state index in [2.05, 4.69) is 19.8 Å². The van der Waals surface area contributed by atoms with Crippen molar-refractivity contribution in [2.75, 3.05) is 6.26 Å². The third-order valence-corrected chi connectivity index (χ3v) is 6.39. The first-order valence-electron chi connectivity index (χ1n) is 7.06. The second-order valence-corrected chi connectivity index (χ2v) is 9.34. The molecule has 3 rings (SSSR count). The molecule has 1 aromatic carbocycles. The first-order valence-corrected chi connectivity index (χ1v) is 11.5. The summed E-state index contributed by atoms with van der Waals surface area (Å²) in [7, 11) is -0.419. The summed E-state index contributed by atoms with van der Waals surface area (Å²) >= 11 is 4.68. The van der Waals surface area contributed by atoms with Gasteiger partial charge in [-0.05, 0) is 25.3 Å². The fourth-order valence-electron chi connectivity index (χ4n) is 2.77. The Morgan fingerprint density at radius 2 is 2.08 bits per heavy atom. The topological polar surface area (TPSA) is 52.0 Å². The molecule has 0 radical (unpaired) electrons. The van der Waals surface area contributed by atoms with E-state index in [1.165, 1.54) is 23.3 Å². The summed E-state index contributed by atoms with van der Waals surface area (Å²) in [5.74, 6) is -1.72. The highest BCUT2D eigenvalue weighted by molar-refractivity contribution is 9.34. The minimum atomic E-state index is -3.14. The van der Waals surface area contributed by atoms with Gasteiger partial charge >= 0.3 is 6.43 Å². The highest BCUT2D eigenvalue weighted by Crippen LogP contribution is 2.35. The Bertz CT molecular complexity index is 998. The van der Waals surface area contributed by atoms with E-state index in [-0.39, 0.29) is 17.0 Å². The predicted octanol–water partition coefficient (Wildman–Crippen LogP) is 5.11. The van der Waals surface area contributed by atoms with E-state index >= 15 is 0 Å². The van der Waals surface area contributed by atoms with E-state index in [1.54, 1.807) is 35.3 Å². The van der Waals surface area contributed by atoms with Crippen molar-refractivity contribution in [3.05, 3.63) is 46.0 Å². The zero-order chi connectivity index (χ0) is 18.3. The Balaban J connectivity index is 2.35. The fourth-order valence-corrected chi connectivity index (χ4v) is 4.83. The molecule has 0 aliphatic carbocycles. The number of nitrogens with zero attached hydrogens (tertiary/aromatic N) is 2. The molecule has 0 saturated carbocycles. The number of Topliss-reactive ketones (excluding diaryl/α,β-unsaturated/α-hetero) is 1. The summed E-state index contributed by atoms with van der Waals surface area (Å²) < 4.78 is 27.6. The van der Waals surface area contributed by atoms with Crippen LogP contribution in [0.4, 0.5) is 8.78 Å². The number of fused-ring (bicyclic) bond motifs is 1. The number of thiazole rings is 1. The number of benzene rings is 1. The van der Waals surface area contributed by atoms with Crippen molar-refractivity contribution in [2.24, 2.45) is 0 Å². The zero-order valence-electron chi connectivity index (χ0n) is 13.1. The number of ketones is 1. The largest absolute Gasteiger partial charge is 0.300 e. The summed E-state index contributed by atoms with van der Waals surface area (Å²) in [6.45, 7) is 1.50. The van der Waals surface area contributed by atoms with Crippen LogP contribution < -0.4 is 0 Å². The molecule has 130 valence electrons. The third kappa shape index (κ3) is 3.04. The second-order valence-electron chi connectivity index (χ2n) is 5.17. The van der Waals surface area contributed by atoms with Crippen LogP contribution in [0.15, 0.2) is 34.0 Å². The van der Waals surface area contributed by atoms with Crippen LogP contribution in [0.3, 0.4) is 0 Å². The molecule has 0 fully saturated rings. The monoisotopic (exact) mass is 445 g/mol. The number of halogens is 3. The van der Waals surface area contributed by atoms with Gasteiger partial charge in [-0.2, -0.15) is 4.98 Å². The maximum atomic E-state index is 13.1. The highest BCUT2D eigenvalue weighted by atomic mass is 79.9. The number of thioether (sulfide) groups is 1. The average molecular weight is 446 g/mol. The number of hydrogen-bond acceptors (Lipinski definition) is 4. The predicted molar refractivity (Wildman–Crippen MR) is 99.6 cm³/mol. The maximum absolute atomic E-state index is 13.1. The molecule has 1 unspecified atom stereocenters. The second kappa shape index (κ2) is 6.97. The van der Waals surface area contributed by atoms with E-state index < -0.39 is 27.0 Å². The number of hydrogen-bond donors (Lipinski definition) is 0. The van der Waals surface area contributed by atoms with Crippen LogP contribution in [-0.2, 0) is 0 Å². The van der Waals surface area contributed by atoms with Crippen LogP contribution in [0.25, 0.3) is 10.9 Å². The lowest BCUT2D eigenvalue weighted by atomic mass is 10.1. The Morgan fingerprint density at radius 1 is 1.36 bits per heavy atom. The van der Waals surface area contributed by atoms with Gasteiger partial charge in [0.25, 0.3) is 20.7 Å². The van der Waals surface area contributed by atoms with Gasteiger partial charge in [0, 0.05) is 16.0 Å². The molecule has 1 atom stereocenters. The van der Waals surface area contributed by atoms with Crippen molar-refractivity contribution in [3.8, 4) is 0 Å². The van der Waals surface area contributed by atoms with Gasteiger partial charge in [0.2, 0.25) is 11.3 Å². The van der Waals surface area contributed by atoms with E-state index in [1.807, 2.05) is 0 Å². The van der Waals surface area contributed by atoms with Crippen molar-refractivity contribution in [2.45, 2.75) is 18.2 Å². The zero-order valence-corrected chi connectivity index (χ0v) is 16.3. The van der Waals surface area contributed by atoms with Gasteiger partial charge in [-0.1, -0.05) is 6.07 Å². The van der Waals surface area contributed by atoms with E-state index in [0.717, 1.165) is 0 Å². The molecular formula is C16H12BrF2N2O2S2+. The minimum absolute atomic E-state index is 0.108. The van der Waals surface area contributed by atoms with Crippen molar-refractivity contribution in [1.29, 1.82) is 0 Å². The van der Waals surface area contributed by atoms with Gasteiger partial charge in [-0.3, -0.25) is 14.2 Å². The van der Waals surface area contributed by atoms with Gasteiger partial charge < -0.3 is 0 Å². The van der Waals surface area contributed by atoms with Crippen LogP contribution in [0, 0.1) is 6.92 Å². The molecule has 3 aromatic rings. The number of alkyl halides is 2. The van der Waals surface area contributed by atoms with E-state index in [9.17, 15) is 18.4 Å². The standard InChI is InChI=1S/C16H12BrF2N2O2S2/c1-8-12(14(22)15(18)19)13-10(4-3-5-11(13)24-2)21(8)16(23)9-6-25(17)7-20-9/h3-7,15H,1-2H3/q+1. The molecule has 0 aliphatic rings. The molecule has 0 amide bonds. The molecule has 0 N–H and O–H groups in total. The van der Waals surface area contributed by atoms with Crippen LogP contribution in [-0.4, -0.2) is 33.9 Å². The Hall–Kier alpha value is -1.58. The van der Waals surface area contributed by atoms with Gasteiger partial charge in [-0.25, -0.2) is 8.78 Å². The number of rotatable bonds is 4. The highest BCUT2D eigenvalue weighted by Gasteiger charge is 2.30. The Kier molecular flexibility index (Phi) is 5.08. The first kappa shape index (κ1) is 18.2. The molecule has 4 nitrogen and oxygen atoms in total. The van der Waals surface area contributed by atoms with Gasteiger partial charge in [0.15, 0.2) is 11.1 Å². The number of carbonyl (C=O) groups is 2. The van der Waals surface area contributed by atoms with Crippen LogP contribution in [0.5, 0.6) is 0 Å². The van der Waals surface area contributed by atoms with Gasteiger partial charge in [0.1, 0.15) is 0 Å². The molecule has 25 heavy (non-hydrogen) atoms. The van der Waals surface area contributed by atoms with Crippen molar-refractivity contribution in [3.63, 3.8) is 0 Å². The normalized spacial score (nSPS) is 12.2. The summed E-state index contributed by atoms with van der Waals surface area (Å²) in [5.41, 5.74) is 2.32. The number of carbonyl (C=O) groups excluding carboxylic acids is 2.